The second kappa shape index (κ2) is 4.73. The molecule has 0 saturated heterocycles. The van der Waals surface area contributed by atoms with E-state index in [1.54, 1.807) is 18.2 Å². The number of rotatable bonds is 4. The molecule has 16 heavy (non-hydrogen) atoms. The Morgan fingerprint density at radius 3 is 3.00 bits per heavy atom. The average Bonchev–Trinajstić information content (AvgIpc) is 2.70. The van der Waals surface area contributed by atoms with Crippen LogP contribution in [0.2, 0.25) is 0 Å². The molecule has 6 heteroatoms. The van der Waals surface area contributed by atoms with Crippen molar-refractivity contribution in [3.63, 3.8) is 0 Å². The summed E-state index contributed by atoms with van der Waals surface area (Å²) in [6.07, 6.45) is -0.766. The number of nitrogens with two attached hydrogens (primary N) is 1. The molecule has 2 rings (SSSR count). The van der Waals surface area contributed by atoms with Crippen LogP contribution in [0.5, 0.6) is 0 Å². The molecule has 5 nitrogen and oxygen atoms in total. The van der Waals surface area contributed by atoms with E-state index in [0.717, 1.165) is 0 Å². The lowest BCUT2D eigenvalue weighted by atomic mass is 10.3. The molecule has 0 aliphatic rings. The molecular weight excluding hydrogens is 228 g/mol. The number of anilines is 1. The van der Waals surface area contributed by atoms with Gasteiger partial charge in [0.05, 0.1) is 18.4 Å². The van der Waals surface area contributed by atoms with Crippen LogP contribution >= 0.6 is 11.8 Å². The van der Waals surface area contributed by atoms with Gasteiger partial charge in [0, 0.05) is 5.75 Å². The van der Waals surface area contributed by atoms with Gasteiger partial charge in [-0.3, -0.25) is 0 Å². The second-order valence-corrected chi connectivity index (χ2v) is 4.29. The monoisotopic (exact) mass is 240 g/mol. The molecule has 1 heterocycles. The molecule has 0 radical (unpaired) electrons. The SMILES string of the molecule is Nc1cccc2oc(SCC(O)CO)nc12. The number of thioether (sulfide) groups is 1. The van der Waals surface area contributed by atoms with E-state index in [2.05, 4.69) is 4.98 Å². The van der Waals surface area contributed by atoms with Crippen LogP contribution in [0.15, 0.2) is 27.8 Å². The zero-order valence-electron chi connectivity index (χ0n) is 8.46. The van der Waals surface area contributed by atoms with Crippen molar-refractivity contribution >= 4 is 28.5 Å². The first-order valence-electron chi connectivity index (χ1n) is 4.77. The third-order valence-electron chi connectivity index (χ3n) is 2.04. The Kier molecular flexibility index (Phi) is 3.33. The minimum absolute atomic E-state index is 0.268. The van der Waals surface area contributed by atoms with E-state index in [1.807, 2.05) is 0 Å². The van der Waals surface area contributed by atoms with Gasteiger partial charge in [0.15, 0.2) is 5.58 Å². The molecule has 0 amide bonds. The number of fused-ring (bicyclic) bond motifs is 1. The Bertz CT molecular complexity index is 486. The van der Waals surface area contributed by atoms with Gasteiger partial charge in [-0.2, -0.15) is 0 Å². The summed E-state index contributed by atoms with van der Waals surface area (Å²) in [6.45, 7) is -0.268. The molecule has 0 aliphatic carbocycles. The molecule has 1 aromatic heterocycles. The van der Waals surface area contributed by atoms with E-state index in [9.17, 15) is 5.11 Å². The van der Waals surface area contributed by atoms with Crippen molar-refractivity contribution < 1.29 is 14.6 Å². The fraction of sp³-hybridized carbons (Fsp3) is 0.300. The molecule has 0 bridgehead atoms. The van der Waals surface area contributed by atoms with Crippen LogP contribution in [0.1, 0.15) is 0 Å². The first-order valence-corrected chi connectivity index (χ1v) is 5.76. The van der Waals surface area contributed by atoms with Gasteiger partial charge in [-0.05, 0) is 12.1 Å². The summed E-state index contributed by atoms with van der Waals surface area (Å²) in [6, 6.07) is 5.33. The summed E-state index contributed by atoms with van der Waals surface area (Å²) < 4.78 is 5.42. The molecule has 86 valence electrons. The van der Waals surface area contributed by atoms with Crippen LogP contribution in [0, 0.1) is 0 Å². The third kappa shape index (κ3) is 2.29. The molecule has 0 aliphatic heterocycles. The van der Waals surface area contributed by atoms with Crippen molar-refractivity contribution in [2.75, 3.05) is 18.1 Å². The first-order chi connectivity index (χ1) is 7.70. The lowest BCUT2D eigenvalue weighted by Gasteiger charge is -2.02. The highest BCUT2D eigenvalue weighted by atomic mass is 32.2. The van der Waals surface area contributed by atoms with E-state index in [1.165, 1.54) is 11.8 Å². The highest BCUT2D eigenvalue weighted by Gasteiger charge is 2.10. The summed E-state index contributed by atoms with van der Waals surface area (Å²) in [7, 11) is 0. The Morgan fingerprint density at radius 2 is 2.31 bits per heavy atom. The van der Waals surface area contributed by atoms with Gasteiger partial charge in [-0.25, -0.2) is 4.98 Å². The topological polar surface area (TPSA) is 92.5 Å². The Morgan fingerprint density at radius 1 is 1.50 bits per heavy atom. The van der Waals surface area contributed by atoms with E-state index < -0.39 is 6.10 Å². The second-order valence-electron chi connectivity index (χ2n) is 3.32. The van der Waals surface area contributed by atoms with Crippen LogP contribution in [-0.2, 0) is 0 Å². The van der Waals surface area contributed by atoms with Crippen LogP contribution in [-0.4, -0.2) is 33.7 Å². The van der Waals surface area contributed by atoms with Crippen molar-refractivity contribution in [2.45, 2.75) is 11.3 Å². The van der Waals surface area contributed by atoms with Crippen molar-refractivity contribution in [1.29, 1.82) is 0 Å². The number of hydrogen-bond donors (Lipinski definition) is 3. The van der Waals surface area contributed by atoms with Crippen molar-refractivity contribution in [1.82, 2.24) is 4.98 Å². The summed E-state index contributed by atoms with van der Waals surface area (Å²) >= 11 is 1.24. The summed E-state index contributed by atoms with van der Waals surface area (Å²) in [4.78, 5) is 4.20. The quantitative estimate of drug-likeness (QED) is 0.542. The first kappa shape index (κ1) is 11.3. The predicted molar refractivity (Wildman–Crippen MR) is 62.2 cm³/mol. The lowest BCUT2D eigenvalue weighted by molar-refractivity contribution is 0.113. The molecule has 1 atom stereocenters. The minimum Gasteiger partial charge on any atom is -0.431 e. The molecular formula is C10H12N2O3S. The molecule has 2 aromatic rings. The molecule has 0 saturated carbocycles. The number of benzene rings is 1. The third-order valence-corrected chi connectivity index (χ3v) is 3.01. The maximum atomic E-state index is 9.18. The maximum absolute atomic E-state index is 9.18. The zero-order chi connectivity index (χ0) is 11.5. The van der Waals surface area contributed by atoms with Crippen LogP contribution in [0.3, 0.4) is 0 Å². The number of oxazole rings is 1. The number of aliphatic hydroxyl groups excluding tert-OH is 2. The number of para-hydroxylation sites is 1. The normalized spacial score (nSPS) is 13.1. The standard InChI is InChI=1S/C10H12N2O3S/c11-7-2-1-3-8-9(7)12-10(15-8)16-5-6(14)4-13/h1-3,6,13-14H,4-5,11H2. The largest absolute Gasteiger partial charge is 0.431 e. The van der Waals surface area contributed by atoms with Gasteiger partial charge in [0.2, 0.25) is 0 Å². The number of hydrogen-bond acceptors (Lipinski definition) is 6. The Balaban J connectivity index is 2.17. The smallest absolute Gasteiger partial charge is 0.256 e. The van der Waals surface area contributed by atoms with E-state index in [4.69, 9.17) is 15.3 Å². The van der Waals surface area contributed by atoms with Gasteiger partial charge in [0.25, 0.3) is 5.22 Å². The molecule has 1 unspecified atom stereocenters. The summed E-state index contributed by atoms with van der Waals surface area (Å²) in [5, 5.41) is 18.3. The number of nitrogens with zero attached hydrogens (tertiary/aromatic N) is 1. The van der Waals surface area contributed by atoms with Crippen LogP contribution < -0.4 is 5.73 Å². The number of aromatic nitrogens is 1. The Hall–Kier alpha value is -1.24. The zero-order valence-corrected chi connectivity index (χ0v) is 9.28. The fourth-order valence-electron chi connectivity index (χ4n) is 1.23. The van der Waals surface area contributed by atoms with Gasteiger partial charge in [-0.1, -0.05) is 17.8 Å². The highest BCUT2D eigenvalue weighted by Crippen LogP contribution is 2.26. The van der Waals surface area contributed by atoms with E-state index in [-0.39, 0.29) is 6.61 Å². The summed E-state index contributed by atoms with van der Waals surface area (Å²) in [5.41, 5.74) is 7.55. The lowest BCUT2D eigenvalue weighted by Crippen LogP contribution is -2.14. The van der Waals surface area contributed by atoms with E-state index in [0.29, 0.717) is 27.8 Å². The molecule has 1 aromatic carbocycles. The predicted octanol–water partition coefficient (Wildman–Crippen LogP) is 0.855. The molecule has 0 fully saturated rings. The average molecular weight is 240 g/mol. The van der Waals surface area contributed by atoms with Crippen LogP contribution in [0.25, 0.3) is 11.1 Å². The van der Waals surface area contributed by atoms with Crippen molar-refractivity contribution in [2.24, 2.45) is 0 Å². The maximum Gasteiger partial charge on any atom is 0.256 e. The van der Waals surface area contributed by atoms with Crippen molar-refractivity contribution in [3.05, 3.63) is 18.2 Å². The van der Waals surface area contributed by atoms with Crippen molar-refractivity contribution in [3.8, 4) is 0 Å². The highest BCUT2D eigenvalue weighted by molar-refractivity contribution is 7.99. The fourth-order valence-corrected chi connectivity index (χ4v) is 1.98. The van der Waals surface area contributed by atoms with Gasteiger partial charge in [-0.15, -0.1) is 0 Å². The van der Waals surface area contributed by atoms with Crippen LogP contribution in [0.4, 0.5) is 5.69 Å². The number of nitrogen functional groups attached to an aromatic ring is 1. The summed E-state index contributed by atoms with van der Waals surface area (Å²) in [5.74, 6) is 0.337. The van der Waals surface area contributed by atoms with Gasteiger partial charge in [0.1, 0.15) is 5.52 Å². The molecule has 4 N–H and O–H groups in total. The number of aliphatic hydroxyl groups is 2. The van der Waals surface area contributed by atoms with Gasteiger partial charge >= 0.3 is 0 Å². The molecule has 0 spiro atoms. The van der Waals surface area contributed by atoms with E-state index >= 15 is 0 Å². The minimum atomic E-state index is -0.766. The Labute approximate surface area is 96.3 Å². The van der Waals surface area contributed by atoms with Gasteiger partial charge < -0.3 is 20.4 Å².